The number of thiazole rings is 1. The van der Waals surface area contributed by atoms with E-state index in [2.05, 4.69) is 21.4 Å². The van der Waals surface area contributed by atoms with Crippen molar-refractivity contribution in [1.82, 2.24) is 9.97 Å². The highest BCUT2D eigenvalue weighted by atomic mass is 32.1. The maximum absolute atomic E-state index is 8.74. The van der Waals surface area contributed by atoms with Crippen molar-refractivity contribution in [2.75, 3.05) is 5.32 Å². The van der Waals surface area contributed by atoms with E-state index in [9.17, 15) is 0 Å². The maximum atomic E-state index is 8.74. The Morgan fingerprint density at radius 3 is 3.06 bits per heavy atom. The zero-order chi connectivity index (χ0) is 11.4. The first-order valence-electron chi connectivity index (χ1n) is 4.78. The predicted molar refractivity (Wildman–Crippen MR) is 63.1 cm³/mol. The Balaban J connectivity index is 2.05. The summed E-state index contributed by atoms with van der Waals surface area (Å²) in [6.45, 7) is 2.67. The average Bonchev–Trinajstić information content (AvgIpc) is 2.72. The molecule has 2 aromatic rings. The first-order valence-corrected chi connectivity index (χ1v) is 5.66. The van der Waals surface area contributed by atoms with Crippen LogP contribution in [-0.2, 0) is 6.54 Å². The molecule has 0 radical (unpaired) electrons. The molecule has 0 saturated carbocycles. The van der Waals surface area contributed by atoms with E-state index in [1.807, 2.05) is 12.4 Å². The summed E-state index contributed by atoms with van der Waals surface area (Å²) in [6.07, 6.45) is 1.63. The van der Waals surface area contributed by atoms with Crippen LogP contribution in [-0.4, -0.2) is 9.97 Å². The van der Waals surface area contributed by atoms with Crippen molar-refractivity contribution < 1.29 is 0 Å². The van der Waals surface area contributed by atoms with Gasteiger partial charge in [-0.05, 0) is 19.1 Å². The first kappa shape index (κ1) is 10.6. The second-order valence-electron chi connectivity index (χ2n) is 3.26. The van der Waals surface area contributed by atoms with Gasteiger partial charge in [0.2, 0.25) is 0 Å². The van der Waals surface area contributed by atoms with Gasteiger partial charge >= 0.3 is 0 Å². The summed E-state index contributed by atoms with van der Waals surface area (Å²) in [5.74, 6) is 0.715. The second kappa shape index (κ2) is 4.73. The van der Waals surface area contributed by atoms with Crippen LogP contribution in [0.4, 0.5) is 5.82 Å². The van der Waals surface area contributed by atoms with Crippen molar-refractivity contribution in [3.8, 4) is 6.07 Å². The molecule has 0 bridgehead atoms. The molecule has 2 rings (SSSR count). The maximum Gasteiger partial charge on any atom is 0.127 e. The number of hydrogen-bond donors (Lipinski definition) is 1. The van der Waals surface area contributed by atoms with E-state index in [0.29, 0.717) is 17.9 Å². The summed E-state index contributed by atoms with van der Waals surface area (Å²) in [5.41, 5.74) is 3.47. The Kier molecular flexibility index (Phi) is 3.13. The number of anilines is 1. The standard InChI is InChI=1S/C11H10N4S/c1-8-10(16-7-15-8)6-14-11-4-9(5-12)2-3-13-11/h2-4,7H,6H2,1H3,(H,13,14). The Hall–Kier alpha value is -1.93. The molecule has 0 aliphatic rings. The van der Waals surface area contributed by atoms with Crippen LogP contribution < -0.4 is 5.32 Å². The number of rotatable bonds is 3. The van der Waals surface area contributed by atoms with Crippen LogP contribution in [0, 0.1) is 18.3 Å². The third-order valence-electron chi connectivity index (χ3n) is 2.16. The van der Waals surface area contributed by atoms with E-state index in [-0.39, 0.29) is 0 Å². The van der Waals surface area contributed by atoms with Crippen molar-refractivity contribution in [3.05, 3.63) is 40.0 Å². The Bertz CT molecular complexity index is 527. The summed E-state index contributed by atoms with van der Waals surface area (Å²) < 4.78 is 0. The number of pyridine rings is 1. The number of nitrogens with one attached hydrogen (secondary N) is 1. The van der Waals surface area contributed by atoms with Crippen LogP contribution in [0.3, 0.4) is 0 Å². The molecule has 4 nitrogen and oxygen atoms in total. The Morgan fingerprint density at radius 2 is 2.38 bits per heavy atom. The lowest BCUT2D eigenvalue weighted by atomic mass is 10.3. The van der Waals surface area contributed by atoms with Gasteiger partial charge in [0.1, 0.15) is 5.82 Å². The molecule has 0 aromatic carbocycles. The number of nitrogens with zero attached hydrogens (tertiary/aromatic N) is 3. The first-order chi connectivity index (χ1) is 7.79. The molecule has 0 fully saturated rings. The van der Waals surface area contributed by atoms with Gasteiger partial charge < -0.3 is 5.32 Å². The highest BCUT2D eigenvalue weighted by Crippen LogP contribution is 2.14. The molecular formula is C11H10N4S. The lowest BCUT2D eigenvalue weighted by Crippen LogP contribution is -2.01. The molecule has 0 aliphatic heterocycles. The van der Waals surface area contributed by atoms with Gasteiger partial charge in [-0.15, -0.1) is 11.3 Å². The molecule has 2 aromatic heterocycles. The molecule has 5 heteroatoms. The number of aromatic nitrogens is 2. The molecule has 2 heterocycles. The van der Waals surface area contributed by atoms with Crippen LogP contribution in [0.25, 0.3) is 0 Å². The fourth-order valence-electron chi connectivity index (χ4n) is 1.26. The zero-order valence-corrected chi connectivity index (χ0v) is 9.58. The monoisotopic (exact) mass is 230 g/mol. The summed E-state index contributed by atoms with van der Waals surface area (Å²) in [7, 11) is 0. The van der Waals surface area contributed by atoms with E-state index in [1.54, 1.807) is 29.7 Å². The highest BCUT2D eigenvalue weighted by Gasteiger charge is 2.01. The molecule has 0 aliphatic carbocycles. The van der Waals surface area contributed by atoms with Gasteiger partial charge in [-0.25, -0.2) is 9.97 Å². The number of hydrogen-bond acceptors (Lipinski definition) is 5. The van der Waals surface area contributed by atoms with E-state index in [4.69, 9.17) is 5.26 Å². The van der Waals surface area contributed by atoms with Crippen LogP contribution in [0.15, 0.2) is 23.8 Å². The van der Waals surface area contributed by atoms with Gasteiger partial charge in [0.05, 0.1) is 29.4 Å². The number of nitriles is 1. The summed E-state index contributed by atoms with van der Waals surface area (Å²) in [4.78, 5) is 9.49. The topological polar surface area (TPSA) is 61.6 Å². The molecule has 0 atom stereocenters. The van der Waals surface area contributed by atoms with Crippen LogP contribution in [0.2, 0.25) is 0 Å². The van der Waals surface area contributed by atoms with Crippen LogP contribution in [0.5, 0.6) is 0 Å². The SMILES string of the molecule is Cc1ncsc1CNc1cc(C#N)ccn1. The van der Waals surface area contributed by atoms with Crippen LogP contribution >= 0.6 is 11.3 Å². The van der Waals surface area contributed by atoms with Gasteiger partial charge in [-0.2, -0.15) is 5.26 Å². The molecule has 0 amide bonds. The Morgan fingerprint density at radius 1 is 1.50 bits per heavy atom. The highest BCUT2D eigenvalue weighted by molar-refractivity contribution is 7.09. The fourth-order valence-corrected chi connectivity index (χ4v) is 1.98. The van der Waals surface area contributed by atoms with Crippen molar-refractivity contribution in [1.29, 1.82) is 5.26 Å². The minimum atomic E-state index is 0.610. The van der Waals surface area contributed by atoms with E-state index in [0.717, 1.165) is 5.69 Å². The molecule has 0 saturated heterocycles. The third-order valence-corrected chi connectivity index (χ3v) is 3.10. The van der Waals surface area contributed by atoms with Gasteiger partial charge in [0.25, 0.3) is 0 Å². The number of aryl methyl sites for hydroxylation is 1. The lowest BCUT2D eigenvalue weighted by molar-refractivity contribution is 1.09. The van der Waals surface area contributed by atoms with Gasteiger partial charge in [-0.3, -0.25) is 0 Å². The molecule has 16 heavy (non-hydrogen) atoms. The van der Waals surface area contributed by atoms with Gasteiger partial charge in [-0.1, -0.05) is 0 Å². The zero-order valence-electron chi connectivity index (χ0n) is 8.77. The van der Waals surface area contributed by atoms with E-state index < -0.39 is 0 Å². The lowest BCUT2D eigenvalue weighted by Gasteiger charge is -2.03. The molecule has 80 valence electrons. The Labute approximate surface area is 97.6 Å². The minimum Gasteiger partial charge on any atom is -0.365 e. The van der Waals surface area contributed by atoms with Crippen LogP contribution in [0.1, 0.15) is 16.1 Å². The third kappa shape index (κ3) is 2.35. The van der Waals surface area contributed by atoms with Crippen molar-refractivity contribution in [2.24, 2.45) is 0 Å². The average molecular weight is 230 g/mol. The van der Waals surface area contributed by atoms with E-state index >= 15 is 0 Å². The van der Waals surface area contributed by atoms with Gasteiger partial charge in [0.15, 0.2) is 0 Å². The largest absolute Gasteiger partial charge is 0.365 e. The van der Waals surface area contributed by atoms with Crippen molar-refractivity contribution >= 4 is 17.2 Å². The van der Waals surface area contributed by atoms with Crippen molar-refractivity contribution in [3.63, 3.8) is 0 Å². The smallest absolute Gasteiger partial charge is 0.127 e. The fraction of sp³-hybridized carbons (Fsp3) is 0.182. The van der Waals surface area contributed by atoms with E-state index in [1.165, 1.54) is 4.88 Å². The predicted octanol–water partition coefficient (Wildman–Crippen LogP) is 2.33. The van der Waals surface area contributed by atoms with Crippen molar-refractivity contribution in [2.45, 2.75) is 13.5 Å². The molecule has 0 spiro atoms. The second-order valence-corrected chi connectivity index (χ2v) is 4.20. The summed E-state index contributed by atoms with van der Waals surface area (Å²) >= 11 is 1.61. The molecular weight excluding hydrogens is 220 g/mol. The molecule has 1 N–H and O–H groups in total. The normalized spacial score (nSPS) is 9.75. The minimum absolute atomic E-state index is 0.610. The molecule has 0 unspecified atom stereocenters. The quantitative estimate of drug-likeness (QED) is 0.879. The summed E-state index contributed by atoms with van der Waals surface area (Å²) in [5, 5.41) is 11.9. The van der Waals surface area contributed by atoms with Gasteiger partial charge in [0, 0.05) is 11.1 Å². The summed E-state index contributed by atoms with van der Waals surface area (Å²) in [6, 6.07) is 5.50.